The first kappa shape index (κ1) is 29.7. The molecule has 0 fully saturated rings. The van der Waals surface area contributed by atoms with Crippen molar-refractivity contribution in [2.45, 2.75) is 78.6 Å². The number of nitrogens with one attached hydrogen (secondary N) is 2. The Morgan fingerprint density at radius 3 is 2.11 bits per heavy atom. The van der Waals surface area contributed by atoms with Gasteiger partial charge in [-0.1, -0.05) is 56.3 Å². The molecule has 0 aromatic heterocycles. The van der Waals surface area contributed by atoms with Crippen LogP contribution in [0.2, 0.25) is 0 Å². The van der Waals surface area contributed by atoms with Crippen molar-refractivity contribution in [2.75, 3.05) is 6.54 Å². The largest absolute Gasteiger partial charge is 0.508 e. The molecule has 0 bridgehead atoms. The molecule has 3 amide bonds. The standard InChI is InChI=1S/C29H41N3O5/c1-20(2)12-13-21(3)32(25(34)19-31-28(36)37-29(4,5)6)26(23-14-16-24(33)17-15-23)27(35)30-18-22-10-8-7-9-11-22/h7-11,14-17,20-21,26,33H,12-13,18-19H2,1-6H3,(H,30,35)(H,31,36). The third-order valence-corrected chi connectivity index (χ3v) is 5.75. The molecule has 2 aromatic rings. The highest BCUT2D eigenvalue weighted by molar-refractivity contribution is 5.90. The number of carbonyl (C=O) groups excluding carboxylic acids is 3. The molecule has 2 unspecified atom stereocenters. The second kappa shape index (κ2) is 13.7. The molecule has 0 heterocycles. The number of hydrogen-bond donors (Lipinski definition) is 3. The Balaban J connectivity index is 2.36. The fraction of sp³-hybridized carbons (Fsp3) is 0.483. The van der Waals surface area contributed by atoms with Crippen LogP contribution in [0.15, 0.2) is 54.6 Å². The van der Waals surface area contributed by atoms with Gasteiger partial charge in [-0.2, -0.15) is 0 Å². The fourth-order valence-electron chi connectivity index (χ4n) is 3.89. The first-order valence-electron chi connectivity index (χ1n) is 12.8. The molecule has 3 N–H and O–H groups in total. The SMILES string of the molecule is CC(C)CCC(C)N(C(=O)CNC(=O)OC(C)(C)C)C(C(=O)NCc1ccccc1)c1ccc(O)cc1. The van der Waals surface area contributed by atoms with E-state index in [1.165, 1.54) is 17.0 Å². The van der Waals surface area contributed by atoms with Gasteiger partial charge in [0.25, 0.3) is 0 Å². The van der Waals surface area contributed by atoms with Crippen LogP contribution in [0, 0.1) is 5.92 Å². The summed E-state index contributed by atoms with van der Waals surface area (Å²) in [5, 5.41) is 15.3. The van der Waals surface area contributed by atoms with Crippen molar-refractivity contribution < 1.29 is 24.2 Å². The van der Waals surface area contributed by atoms with Crippen molar-refractivity contribution >= 4 is 17.9 Å². The van der Waals surface area contributed by atoms with E-state index in [2.05, 4.69) is 24.5 Å². The molecule has 0 saturated heterocycles. The number of amides is 3. The predicted octanol–water partition coefficient (Wildman–Crippen LogP) is 4.93. The summed E-state index contributed by atoms with van der Waals surface area (Å²) < 4.78 is 5.27. The molecule has 2 atom stereocenters. The molecule has 0 aliphatic rings. The highest BCUT2D eigenvalue weighted by atomic mass is 16.6. The minimum atomic E-state index is -0.959. The molecule has 2 rings (SSSR count). The second-order valence-corrected chi connectivity index (χ2v) is 10.7. The Bertz CT molecular complexity index is 1020. The van der Waals surface area contributed by atoms with Crippen LogP contribution < -0.4 is 10.6 Å². The van der Waals surface area contributed by atoms with Gasteiger partial charge in [0.1, 0.15) is 23.9 Å². The topological polar surface area (TPSA) is 108 Å². The van der Waals surface area contributed by atoms with E-state index in [9.17, 15) is 19.5 Å². The Morgan fingerprint density at radius 2 is 1.54 bits per heavy atom. The minimum Gasteiger partial charge on any atom is -0.508 e. The lowest BCUT2D eigenvalue weighted by Crippen LogP contribution is -2.51. The van der Waals surface area contributed by atoms with Crippen molar-refractivity contribution in [3.05, 3.63) is 65.7 Å². The minimum absolute atomic E-state index is 0.0597. The van der Waals surface area contributed by atoms with Crippen molar-refractivity contribution in [2.24, 2.45) is 5.92 Å². The van der Waals surface area contributed by atoms with Gasteiger partial charge in [-0.3, -0.25) is 9.59 Å². The summed E-state index contributed by atoms with van der Waals surface area (Å²) in [6.45, 7) is 11.3. The lowest BCUT2D eigenvalue weighted by molar-refractivity contribution is -0.142. The van der Waals surface area contributed by atoms with E-state index in [-0.39, 0.29) is 24.2 Å². The number of hydrogen-bond acceptors (Lipinski definition) is 5. The van der Waals surface area contributed by atoms with Crippen molar-refractivity contribution in [3.8, 4) is 5.75 Å². The zero-order valence-electron chi connectivity index (χ0n) is 22.8. The molecule has 0 radical (unpaired) electrons. The third-order valence-electron chi connectivity index (χ3n) is 5.75. The quantitative estimate of drug-likeness (QED) is 0.397. The van der Waals surface area contributed by atoms with Gasteiger partial charge in [0, 0.05) is 12.6 Å². The summed E-state index contributed by atoms with van der Waals surface area (Å²) in [6.07, 6.45) is 0.833. The van der Waals surface area contributed by atoms with Gasteiger partial charge in [0.15, 0.2) is 0 Å². The number of phenolic OH excluding ortho intramolecular Hbond substituents is 1. The summed E-state index contributed by atoms with van der Waals surface area (Å²) in [4.78, 5) is 41.0. The van der Waals surface area contributed by atoms with E-state index in [0.717, 1.165) is 12.0 Å². The Hall–Kier alpha value is -3.55. The van der Waals surface area contributed by atoms with Crippen LogP contribution in [-0.4, -0.2) is 46.1 Å². The van der Waals surface area contributed by atoms with Crippen molar-refractivity contribution in [1.29, 1.82) is 0 Å². The van der Waals surface area contributed by atoms with Gasteiger partial charge in [-0.25, -0.2) is 4.79 Å². The Morgan fingerprint density at radius 1 is 0.919 bits per heavy atom. The lowest BCUT2D eigenvalue weighted by atomic mass is 9.98. The molecule has 0 spiro atoms. The maximum Gasteiger partial charge on any atom is 0.408 e. The average molecular weight is 512 g/mol. The molecule has 8 heteroatoms. The van der Waals surface area contributed by atoms with E-state index in [1.54, 1.807) is 32.9 Å². The van der Waals surface area contributed by atoms with Gasteiger partial charge in [-0.15, -0.1) is 0 Å². The van der Waals surface area contributed by atoms with Crippen LogP contribution in [0.25, 0.3) is 0 Å². The van der Waals surface area contributed by atoms with E-state index in [4.69, 9.17) is 4.74 Å². The van der Waals surface area contributed by atoms with Gasteiger partial charge >= 0.3 is 6.09 Å². The first-order valence-corrected chi connectivity index (χ1v) is 12.8. The highest BCUT2D eigenvalue weighted by Crippen LogP contribution is 2.28. The maximum atomic E-state index is 13.6. The zero-order valence-corrected chi connectivity index (χ0v) is 22.8. The summed E-state index contributed by atoms with van der Waals surface area (Å²) in [7, 11) is 0. The van der Waals surface area contributed by atoms with Gasteiger partial charge in [-0.05, 0) is 69.7 Å². The molecule has 202 valence electrons. The number of phenols is 1. The lowest BCUT2D eigenvalue weighted by Gasteiger charge is -2.36. The smallest absolute Gasteiger partial charge is 0.408 e. The van der Waals surface area contributed by atoms with Crippen LogP contribution in [-0.2, 0) is 20.9 Å². The van der Waals surface area contributed by atoms with Crippen molar-refractivity contribution in [1.82, 2.24) is 15.5 Å². The van der Waals surface area contributed by atoms with Crippen LogP contribution >= 0.6 is 0 Å². The van der Waals surface area contributed by atoms with E-state index >= 15 is 0 Å². The van der Waals surface area contributed by atoms with Crippen LogP contribution in [0.4, 0.5) is 4.79 Å². The molecule has 37 heavy (non-hydrogen) atoms. The molecular weight excluding hydrogens is 470 g/mol. The monoisotopic (exact) mass is 511 g/mol. The average Bonchev–Trinajstić information content (AvgIpc) is 2.83. The van der Waals surface area contributed by atoms with Crippen LogP contribution in [0.5, 0.6) is 5.75 Å². The van der Waals surface area contributed by atoms with E-state index in [1.807, 2.05) is 37.3 Å². The molecular formula is C29H41N3O5. The molecule has 0 aliphatic carbocycles. The van der Waals surface area contributed by atoms with Crippen LogP contribution in [0.3, 0.4) is 0 Å². The number of ether oxygens (including phenoxy) is 1. The van der Waals surface area contributed by atoms with Gasteiger partial charge < -0.3 is 25.4 Å². The normalized spacial score (nSPS) is 12.9. The summed E-state index contributed by atoms with van der Waals surface area (Å²) in [5.41, 5.74) is 0.784. The van der Waals surface area contributed by atoms with Gasteiger partial charge in [0.05, 0.1) is 0 Å². The highest BCUT2D eigenvalue weighted by Gasteiger charge is 2.35. The van der Waals surface area contributed by atoms with Gasteiger partial charge in [0.2, 0.25) is 11.8 Å². The number of rotatable bonds is 11. The second-order valence-electron chi connectivity index (χ2n) is 10.7. The molecule has 0 saturated carbocycles. The third kappa shape index (κ3) is 10.1. The number of benzene rings is 2. The molecule has 8 nitrogen and oxygen atoms in total. The molecule has 2 aromatic carbocycles. The maximum absolute atomic E-state index is 13.6. The number of carbonyl (C=O) groups is 3. The van der Waals surface area contributed by atoms with Crippen molar-refractivity contribution in [3.63, 3.8) is 0 Å². The summed E-state index contributed by atoms with van der Waals surface area (Å²) in [5.74, 6) is -0.283. The Labute approximate surface area is 220 Å². The first-order chi connectivity index (χ1) is 17.4. The fourth-order valence-corrected chi connectivity index (χ4v) is 3.89. The zero-order chi connectivity index (χ0) is 27.6. The van der Waals surface area contributed by atoms with E-state index < -0.39 is 23.6 Å². The Kier molecular flexibility index (Phi) is 11.0. The number of nitrogens with zero attached hydrogens (tertiary/aromatic N) is 1. The van der Waals surface area contributed by atoms with E-state index in [0.29, 0.717) is 24.4 Å². The number of aromatic hydroxyl groups is 1. The number of alkyl carbamates (subject to hydrolysis) is 1. The summed E-state index contributed by atoms with van der Waals surface area (Å²) in [6, 6.07) is 14.5. The molecule has 0 aliphatic heterocycles. The van der Waals surface area contributed by atoms with Crippen LogP contribution in [0.1, 0.15) is 71.6 Å². The summed E-state index contributed by atoms with van der Waals surface area (Å²) >= 11 is 0. The predicted molar refractivity (Wildman–Crippen MR) is 144 cm³/mol.